The first kappa shape index (κ1) is 21.7. The average molecular weight is 413 g/mol. The van der Waals surface area contributed by atoms with E-state index in [1.54, 1.807) is 25.3 Å². The molecule has 2 aromatic rings. The number of carbonyl (C=O) groups excluding carboxylic acids is 1. The Morgan fingerprint density at radius 1 is 1.30 bits per heavy atom. The lowest BCUT2D eigenvalue weighted by molar-refractivity contribution is -0.127. The van der Waals surface area contributed by atoms with Gasteiger partial charge in [-0.2, -0.15) is 0 Å². The summed E-state index contributed by atoms with van der Waals surface area (Å²) in [7, 11) is 3.49. The first-order valence-electron chi connectivity index (χ1n) is 10.6. The highest BCUT2D eigenvalue weighted by atomic mass is 16.5. The fourth-order valence-corrected chi connectivity index (χ4v) is 3.32. The molecule has 0 spiro atoms. The Bertz CT molecular complexity index is 846. The quantitative estimate of drug-likeness (QED) is 0.533. The summed E-state index contributed by atoms with van der Waals surface area (Å²) in [6.07, 6.45) is 4.36. The number of fused-ring (bicyclic) bond motifs is 1. The molecule has 0 saturated carbocycles. The molecule has 162 valence electrons. The smallest absolute Gasteiger partial charge is 0.243 e. The van der Waals surface area contributed by atoms with Crippen molar-refractivity contribution in [3.63, 3.8) is 0 Å². The molecule has 1 aromatic carbocycles. The van der Waals surface area contributed by atoms with Gasteiger partial charge in [0.2, 0.25) is 5.91 Å². The zero-order valence-corrected chi connectivity index (χ0v) is 18.2. The fraction of sp³-hybridized carbons (Fsp3) is 0.478. The van der Waals surface area contributed by atoms with Gasteiger partial charge in [0, 0.05) is 40.2 Å². The van der Waals surface area contributed by atoms with Gasteiger partial charge in [0.15, 0.2) is 5.96 Å². The Kier molecular flexibility index (Phi) is 7.76. The number of likely N-dealkylation sites (N-methyl/N-ethyl adjacent to an activating group) is 1. The van der Waals surface area contributed by atoms with Gasteiger partial charge in [-0.1, -0.05) is 13.0 Å². The molecule has 0 radical (unpaired) electrons. The number of carbonyl (C=O) groups is 1. The molecular weight excluding hydrogens is 380 g/mol. The first-order valence-corrected chi connectivity index (χ1v) is 10.6. The van der Waals surface area contributed by atoms with E-state index in [0.29, 0.717) is 6.54 Å². The Morgan fingerprint density at radius 3 is 2.90 bits per heavy atom. The number of nitrogens with one attached hydrogen (secondary N) is 1. The largest absolute Gasteiger partial charge is 0.494 e. The SMILES string of the molecule is CCCOc1ccc2c(c1)CCN(C(=NCC(=O)N(C)C)NCCc1ccco1)C2. The minimum atomic E-state index is -0.0181. The Hall–Kier alpha value is -2.96. The zero-order chi connectivity index (χ0) is 21.3. The standard InChI is InChI=1S/C23H32N4O3/c1-4-13-29-21-8-7-19-17-27(12-10-18(19)15-21)23(25-16-22(28)26(2)3)24-11-9-20-6-5-14-30-20/h5-8,14-15H,4,9-13,16-17H2,1-3H3,(H,24,25). The summed E-state index contributed by atoms with van der Waals surface area (Å²) in [5, 5.41) is 3.41. The van der Waals surface area contributed by atoms with Gasteiger partial charge in [0.1, 0.15) is 18.1 Å². The summed E-state index contributed by atoms with van der Waals surface area (Å²) >= 11 is 0. The lowest BCUT2D eigenvalue weighted by Crippen LogP contribution is -2.45. The van der Waals surface area contributed by atoms with Gasteiger partial charge in [-0.05, 0) is 48.2 Å². The van der Waals surface area contributed by atoms with Crippen LogP contribution >= 0.6 is 0 Å². The lowest BCUT2D eigenvalue weighted by Gasteiger charge is -2.32. The molecular formula is C23H32N4O3. The van der Waals surface area contributed by atoms with Crippen molar-refractivity contribution >= 4 is 11.9 Å². The van der Waals surface area contributed by atoms with Crippen LogP contribution < -0.4 is 10.1 Å². The molecule has 30 heavy (non-hydrogen) atoms. The fourth-order valence-electron chi connectivity index (χ4n) is 3.32. The number of guanidine groups is 1. The number of hydrogen-bond acceptors (Lipinski definition) is 4. The molecule has 0 atom stereocenters. The van der Waals surface area contributed by atoms with Crippen molar-refractivity contribution in [2.24, 2.45) is 4.99 Å². The average Bonchev–Trinajstić information content (AvgIpc) is 3.27. The summed E-state index contributed by atoms with van der Waals surface area (Å²) in [5.41, 5.74) is 2.59. The Labute approximate surface area is 178 Å². The van der Waals surface area contributed by atoms with Crippen molar-refractivity contribution in [2.75, 3.05) is 40.3 Å². The van der Waals surface area contributed by atoms with E-state index >= 15 is 0 Å². The van der Waals surface area contributed by atoms with Gasteiger partial charge in [-0.15, -0.1) is 0 Å². The number of rotatable bonds is 8. The van der Waals surface area contributed by atoms with E-state index in [2.05, 4.69) is 34.3 Å². The van der Waals surface area contributed by atoms with Gasteiger partial charge < -0.3 is 24.3 Å². The maximum Gasteiger partial charge on any atom is 0.243 e. The lowest BCUT2D eigenvalue weighted by atomic mass is 9.99. The highest BCUT2D eigenvalue weighted by Gasteiger charge is 2.20. The third kappa shape index (κ3) is 6.02. The molecule has 1 N–H and O–H groups in total. The molecule has 1 aliphatic heterocycles. The molecule has 0 fully saturated rings. The van der Waals surface area contributed by atoms with Gasteiger partial charge in [0.25, 0.3) is 0 Å². The van der Waals surface area contributed by atoms with Crippen LogP contribution in [0.5, 0.6) is 5.75 Å². The van der Waals surface area contributed by atoms with Crippen LogP contribution in [0.3, 0.4) is 0 Å². The molecule has 3 rings (SSSR count). The van der Waals surface area contributed by atoms with Crippen molar-refractivity contribution in [1.29, 1.82) is 0 Å². The van der Waals surface area contributed by atoms with Crippen molar-refractivity contribution < 1.29 is 13.9 Å². The summed E-state index contributed by atoms with van der Waals surface area (Å²) < 4.78 is 11.2. The second-order valence-electron chi connectivity index (χ2n) is 7.63. The normalized spacial score (nSPS) is 13.7. The number of amides is 1. The Morgan fingerprint density at radius 2 is 2.17 bits per heavy atom. The van der Waals surface area contributed by atoms with Crippen molar-refractivity contribution in [1.82, 2.24) is 15.1 Å². The van der Waals surface area contributed by atoms with Crippen LogP contribution in [0.25, 0.3) is 0 Å². The summed E-state index contributed by atoms with van der Waals surface area (Å²) in [4.78, 5) is 20.4. The van der Waals surface area contributed by atoms with Gasteiger partial charge in [0.05, 0.1) is 12.9 Å². The topological polar surface area (TPSA) is 70.3 Å². The zero-order valence-electron chi connectivity index (χ0n) is 18.2. The Balaban J connectivity index is 1.67. The van der Waals surface area contributed by atoms with Gasteiger partial charge in [-0.3, -0.25) is 4.79 Å². The number of aliphatic imine (C=N–C) groups is 1. The van der Waals surface area contributed by atoms with E-state index in [1.165, 1.54) is 11.1 Å². The maximum absolute atomic E-state index is 12.1. The van der Waals surface area contributed by atoms with Crippen LogP contribution in [0, 0.1) is 0 Å². The minimum absolute atomic E-state index is 0.0181. The molecule has 0 saturated heterocycles. The van der Waals surface area contributed by atoms with E-state index < -0.39 is 0 Å². The highest BCUT2D eigenvalue weighted by molar-refractivity contribution is 5.85. The monoisotopic (exact) mass is 412 g/mol. The maximum atomic E-state index is 12.1. The van der Waals surface area contributed by atoms with E-state index in [0.717, 1.165) is 56.4 Å². The number of ether oxygens (including phenoxy) is 1. The summed E-state index contributed by atoms with van der Waals surface area (Å²) in [6, 6.07) is 10.2. The second-order valence-corrected chi connectivity index (χ2v) is 7.63. The summed E-state index contributed by atoms with van der Waals surface area (Å²) in [6.45, 7) is 5.26. The van der Waals surface area contributed by atoms with Crippen LogP contribution in [-0.4, -0.2) is 62.0 Å². The van der Waals surface area contributed by atoms with Crippen molar-refractivity contribution in [2.45, 2.75) is 32.7 Å². The van der Waals surface area contributed by atoms with E-state index in [4.69, 9.17) is 9.15 Å². The van der Waals surface area contributed by atoms with Gasteiger partial charge >= 0.3 is 0 Å². The molecule has 1 aliphatic rings. The minimum Gasteiger partial charge on any atom is -0.494 e. The molecule has 0 aliphatic carbocycles. The second kappa shape index (κ2) is 10.7. The molecule has 1 amide bonds. The highest BCUT2D eigenvalue weighted by Crippen LogP contribution is 2.24. The first-order chi connectivity index (χ1) is 14.6. The van der Waals surface area contributed by atoms with Gasteiger partial charge in [-0.25, -0.2) is 4.99 Å². The van der Waals surface area contributed by atoms with Crippen LogP contribution in [-0.2, 0) is 24.2 Å². The van der Waals surface area contributed by atoms with Crippen LogP contribution in [0.2, 0.25) is 0 Å². The molecule has 7 heteroatoms. The van der Waals surface area contributed by atoms with Crippen LogP contribution in [0.15, 0.2) is 46.0 Å². The molecule has 7 nitrogen and oxygen atoms in total. The molecule has 1 aromatic heterocycles. The van der Waals surface area contributed by atoms with E-state index in [9.17, 15) is 4.79 Å². The van der Waals surface area contributed by atoms with E-state index in [1.807, 2.05) is 18.2 Å². The summed E-state index contributed by atoms with van der Waals surface area (Å²) in [5.74, 6) is 2.60. The third-order valence-electron chi connectivity index (χ3n) is 5.06. The number of hydrogen-bond donors (Lipinski definition) is 1. The van der Waals surface area contributed by atoms with Crippen LogP contribution in [0.1, 0.15) is 30.2 Å². The van der Waals surface area contributed by atoms with Crippen LogP contribution in [0.4, 0.5) is 0 Å². The molecule has 0 unspecified atom stereocenters. The predicted molar refractivity (Wildman–Crippen MR) is 118 cm³/mol. The molecule has 0 bridgehead atoms. The number of furan rings is 1. The third-order valence-corrected chi connectivity index (χ3v) is 5.06. The number of nitrogens with zero attached hydrogens (tertiary/aromatic N) is 3. The van der Waals surface area contributed by atoms with E-state index in [-0.39, 0.29) is 12.5 Å². The predicted octanol–water partition coefficient (Wildman–Crippen LogP) is 2.70. The molecule has 2 heterocycles. The van der Waals surface area contributed by atoms with Crippen molar-refractivity contribution in [3.8, 4) is 5.75 Å². The number of benzene rings is 1. The van der Waals surface area contributed by atoms with Crippen molar-refractivity contribution in [3.05, 3.63) is 53.5 Å².